The average molecular weight is 524 g/mol. The number of aliphatic hydroxyl groups excluding tert-OH is 1. The Balaban J connectivity index is 2.47. The van der Waals surface area contributed by atoms with Crippen molar-refractivity contribution < 1.29 is 14.6 Å². The second-order valence-corrected chi connectivity index (χ2v) is 12.1. The molecule has 1 aliphatic carbocycles. The van der Waals surface area contributed by atoms with Gasteiger partial charge in [0.1, 0.15) is 0 Å². The van der Waals surface area contributed by atoms with Crippen LogP contribution in [0.2, 0.25) is 0 Å². The van der Waals surface area contributed by atoms with Crippen molar-refractivity contribution in [3.63, 3.8) is 0 Å². The minimum Gasteiger partial charge on any atom is -0.466 e. The minimum absolute atomic E-state index is 0.0300. The van der Waals surface area contributed by atoms with Crippen molar-refractivity contribution in [2.45, 2.75) is 168 Å². The summed E-state index contributed by atoms with van der Waals surface area (Å²) in [5.74, 6) is 1.44. The van der Waals surface area contributed by atoms with Gasteiger partial charge in [-0.15, -0.1) is 0 Å². The highest BCUT2D eigenvalue weighted by atomic mass is 16.5. The second kappa shape index (κ2) is 24.4. The molecular formula is C33H65NO3. The summed E-state index contributed by atoms with van der Waals surface area (Å²) < 4.78 is 5.73. The fourth-order valence-corrected chi connectivity index (χ4v) is 6.15. The smallest absolute Gasteiger partial charge is 0.305 e. The van der Waals surface area contributed by atoms with Gasteiger partial charge in [0.05, 0.1) is 6.61 Å². The highest BCUT2D eigenvalue weighted by molar-refractivity contribution is 5.69. The average Bonchev–Trinajstić information content (AvgIpc) is 2.91. The monoisotopic (exact) mass is 523 g/mol. The van der Waals surface area contributed by atoms with Crippen LogP contribution in [0.4, 0.5) is 0 Å². The minimum atomic E-state index is 0.0300. The van der Waals surface area contributed by atoms with Gasteiger partial charge in [0, 0.05) is 19.1 Å². The van der Waals surface area contributed by atoms with E-state index < -0.39 is 0 Å². The summed E-state index contributed by atoms with van der Waals surface area (Å²) in [4.78, 5) is 14.9. The molecule has 0 amide bonds. The predicted molar refractivity (Wildman–Crippen MR) is 159 cm³/mol. The number of aliphatic hydroxyl groups is 1. The number of rotatable bonds is 25. The van der Waals surface area contributed by atoms with Crippen LogP contribution in [0.15, 0.2) is 0 Å². The maximum atomic E-state index is 12.4. The molecule has 37 heavy (non-hydrogen) atoms. The molecule has 0 aromatic carbocycles. The van der Waals surface area contributed by atoms with Crippen molar-refractivity contribution in [1.82, 2.24) is 4.90 Å². The zero-order chi connectivity index (χ0) is 27.0. The molecule has 0 aliphatic heterocycles. The van der Waals surface area contributed by atoms with Crippen LogP contribution in [0, 0.1) is 11.8 Å². The first kappa shape index (κ1) is 34.4. The Morgan fingerprint density at radius 2 is 1.49 bits per heavy atom. The van der Waals surface area contributed by atoms with E-state index in [1.165, 1.54) is 116 Å². The molecule has 4 heteroatoms. The number of carbonyl (C=O) groups excluding carboxylic acids is 1. The molecule has 0 heterocycles. The van der Waals surface area contributed by atoms with Crippen molar-refractivity contribution in [3.05, 3.63) is 0 Å². The van der Waals surface area contributed by atoms with E-state index in [9.17, 15) is 9.90 Å². The van der Waals surface area contributed by atoms with Crippen LogP contribution in [0.3, 0.4) is 0 Å². The number of esters is 1. The Labute approximate surface area is 231 Å². The zero-order valence-corrected chi connectivity index (χ0v) is 25.3. The van der Waals surface area contributed by atoms with Crippen LogP contribution >= 0.6 is 0 Å². The second-order valence-electron chi connectivity index (χ2n) is 12.1. The number of ether oxygens (including phenoxy) is 1. The third-order valence-corrected chi connectivity index (χ3v) is 8.83. The van der Waals surface area contributed by atoms with E-state index in [2.05, 4.69) is 25.8 Å². The summed E-state index contributed by atoms with van der Waals surface area (Å²) in [6.07, 6.45) is 28.4. The van der Waals surface area contributed by atoms with Crippen LogP contribution in [0.5, 0.6) is 0 Å². The number of carbonyl (C=O) groups is 1. The van der Waals surface area contributed by atoms with Gasteiger partial charge in [-0.2, -0.15) is 0 Å². The molecule has 220 valence electrons. The van der Waals surface area contributed by atoms with Crippen molar-refractivity contribution in [2.24, 2.45) is 11.8 Å². The Bertz CT molecular complexity index is 506. The highest BCUT2D eigenvalue weighted by Gasteiger charge is 2.19. The third-order valence-electron chi connectivity index (χ3n) is 8.83. The molecule has 1 saturated carbocycles. The molecule has 4 nitrogen and oxygen atoms in total. The molecule has 1 rings (SSSR count). The van der Waals surface area contributed by atoms with E-state index in [4.69, 9.17) is 4.74 Å². The standard InChI is InChI=1S/C33H65NO3/c1-4-6-8-9-10-15-21-32(34(3)27-16-17-28-35)24-22-31(18-12-7-5-2)26-29-37-33(36)25-23-30-19-13-11-14-20-30/h30-32,35H,4-29H2,1-3H3. The number of unbranched alkanes of at least 4 members (excludes halogenated alkanes) is 8. The van der Waals surface area contributed by atoms with E-state index in [1.54, 1.807) is 0 Å². The number of nitrogens with zero attached hydrogens (tertiary/aromatic N) is 1. The lowest BCUT2D eigenvalue weighted by atomic mass is 9.86. The summed E-state index contributed by atoms with van der Waals surface area (Å²) in [6.45, 7) is 6.55. The van der Waals surface area contributed by atoms with Gasteiger partial charge in [-0.05, 0) is 70.4 Å². The fraction of sp³-hybridized carbons (Fsp3) is 0.970. The lowest BCUT2D eigenvalue weighted by molar-refractivity contribution is -0.144. The molecule has 0 spiro atoms. The summed E-state index contributed by atoms with van der Waals surface area (Å²) in [6, 6.07) is 0.636. The molecule has 1 aliphatic rings. The lowest BCUT2D eigenvalue weighted by Crippen LogP contribution is -2.33. The Morgan fingerprint density at radius 3 is 2.22 bits per heavy atom. The van der Waals surface area contributed by atoms with E-state index in [-0.39, 0.29) is 5.97 Å². The summed E-state index contributed by atoms with van der Waals surface area (Å²) in [7, 11) is 2.29. The van der Waals surface area contributed by atoms with Gasteiger partial charge in [0.2, 0.25) is 0 Å². The molecule has 0 bridgehead atoms. The van der Waals surface area contributed by atoms with Crippen molar-refractivity contribution in [3.8, 4) is 0 Å². The largest absolute Gasteiger partial charge is 0.466 e. The van der Waals surface area contributed by atoms with Crippen LogP contribution < -0.4 is 0 Å². The molecule has 1 N–H and O–H groups in total. The maximum absolute atomic E-state index is 12.4. The first-order valence-corrected chi connectivity index (χ1v) is 16.6. The molecule has 0 aromatic heterocycles. The zero-order valence-electron chi connectivity index (χ0n) is 25.3. The normalized spacial score (nSPS) is 16.2. The molecule has 0 aromatic rings. The molecule has 2 unspecified atom stereocenters. The van der Waals surface area contributed by atoms with Gasteiger partial charge >= 0.3 is 5.97 Å². The number of hydrogen-bond acceptors (Lipinski definition) is 4. The SMILES string of the molecule is CCCCCCCCC(CCC(CCCCC)CCOC(=O)CCC1CCCCC1)N(C)CCCCO. The van der Waals surface area contributed by atoms with Crippen molar-refractivity contribution in [1.29, 1.82) is 0 Å². The van der Waals surface area contributed by atoms with E-state index >= 15 is 0 Å². The van der Waals surface area contributed by atoms with E-state index in [0.717, 1.165) is 38.1 Å². The van der Waals surface area contributed by atoms with Gasteiger partial charge in [0.15, 0.2) is 0 Å². The molecule has 2 atom stereocenters. The quantitative estimate of drug-likeness (QED) is 0.0957. The van der Waals surface area contributed by atoms with Gasteiger partial charge in [-0.3, -0.25) is 4.79 Å². The first-order valence-electron chi connectivity index (χ1n) is 16.6. The number of hydrogen-bond donors (Lipinski definition) is 1. The van der Waals surface area contributed by atoms with E-state index in [1.807, 2.05) is 0 Å². The third kappa shape index (κ3) is 19.2. The maximum Gasteiger partial charge on any atom is 0.305 e. The summed E-state index contributed by atoms with van der Waals surface area (Å²) in [5.41, 5.74) is 0. The van der Waals surface area contributed by atoms with Gasteiger partial charge in [-0.1, -0.05) is 110 Å². The molecule has 0 radical (unpaired) electrons. The van der Waals surface area contributed by atoms with Crippen molar-refractivity contribution >= 4 is 5.97 Å². The summed E-state index contributed by atoms with van der Waals surface area (Å²) in [5, 5.41) is 9.21. The first-order chi connectivity index (χ1) is 18.1. The van der Waals surface area contributed by atoms with Gasteiger partial charge < -0.3 is 14.7 Å². The molecule has 1 fully saturated rings. The Morgan fingerprint density at radius 1 is 0.811 bits per heavy atom. The topological polar surface area (TPSA) is 49.8 Å². The van der Waals surface area contributed by atoms with Gasteiger partial charge in [-0.25, -0.2) is 0 Å². The van der Waals surface area contributed by atoms with Crippen LogP contribution in [-0.4, -0.2) is 48.8 Å². The molecule has 0 saturated heterocycles. The Hall–Kier alpha value is -0.610. The van der Waals surface area contributed by atoms with Crippen molar-refractivity contribution in [2.75, 3.05) is 26.8 Å². The molecular weight excluding hydrogens is 458 g/mol. The van der Waals surface area contributed by atoms with E-state index in [0.29, 0.717) is 31.6 Å². The summed E-state index contributed by atoms with van der Waals surface area (Å²) >= 11 is 0. The highest BCUT2D eigenvalue weighted by Crippen LogP contribution is 2.28. The van der Waals surface area contributed by atoms with Crippen LogP contribution in [0.1, 0.15) is 162 Å². The van der Waals surface area contributed by atoms with Gasteiger partial charge in [0.25, 0.3) is 0 Å². The van der Waals surface area contributed by atoms with Crippen LogP contribution in [0.25, 0.3) is 0 Å². The lowest BCUT2D eigenvalue weighted by Gasteiger charge is -2.30. The van der Waals surface area contributed by atoms with Crippen LogP contribution in [-0.2, 0) is 9.53 Å². The fourth-order valence-electron chi connectivity index (χ4n) is 6.15. The predicted octanol–water partition coefficient (Wildman–Crippen LogP) is 9.08. The Kier molecular flexibility index (Phi) is 22.7.